The summed E-state index contributed by atoms with van der Waals surface area (Å²) < 4.78 is 11.4. The molecule has 0 heterocycles. The summed E-state index contributed by atoms with van der Waals surface area (Å²) in [5.74, 6) is -0.581. The summed E-state index contributed by atoms with van der Waals surface area (Å²) in [6.45, 7) is 2.38. The molecule has 0 aliphatic heterocycles. The molecule has 0 radical (unpaired) electrons. The minimum Gasteiger partial charge on any atom is -0.490 e. The van der Waals surface area contributed by atoms with Crippen LogP contribution in [0.25, 0.3) is 0 Å². The molecular weight excluding hydrogens is 384 g/mol. The van der Waals surface area contributed by atoms with E-state index in [1.165, 1.54) is 38.5 Å². The fourth-order valence-corrected chi connectivity index (χ4v) is 3.28. The molecule has 0 fully saturated rings. The Bertz CT molecular complexity index is 601. The van der Waals surface area contributed by atoms with Gasteiger partial charge in [-0.05, 0) is 31.4 Å². The summed E-state index contributed by atoms with van der Waals surface area (Å²) in [5, 5.41) is 17.7. The van der Waals surface area contributed by atoms with Gasteiger partial charge in [-0.3, -0.25) is 4.79 Å². The van der Waals surface area contributed by atoms with Gasteiger partial charge in [-0.25, -0.2) is 4.79 Å². The highest BCUT2D eigenvalue weighted by Crippen LogP contribution is 2.28. The molecule has 1 atom stereocenters. The van der Waals surface area contributed by atoms with Crippen molar-refractivity contribution in [1.29, 1.82) is 0 Å². The summed E-state index contributed by atoms with van der Waals surface area (Å²) in [6, 6.07) is 7.22. The Morgan fingerprint density at radius 1 is 0.800 bits per heavy atom. The van der Waals surface area contributed by atoms with Crippen molar-refractivity contribution in [3.63, 3.8) is 0 Å². The van der Waals surface area contributed by atoms with E-state index in [1.807, 2.05) is 18.2 Å². The number of rotatable bonds is 19. The SMILES string of the molecule is CCC(Oc1ccccc1OCCCCCCCCCCCCCC(=O)O)C(=O)O. The first kappa shape index (κ1) is 25.8. The molecule has 1 aromatic rings. The molecule has 6 nitrogen and oxygen atoms in total. The number of carbonyl (C=O) groups is 2. The highest BCUT2D eigenvalue weighted by atomic mass is 16.5. The maximum absolute atomic E-state index is 11.2. The van der Waals surface area contributed by atoms with Crippen LogP contribution in [0.15, 0.2) is 24.3 Å². The fraction of sp³-hybridized carbons (Fsp3) is 0.667. The number of aliphatic carboxylic acids is 2. The van der Waals surface area contributed by atoms with Crippen molar-refractivity contribution in [2.75, 3.05) is 6.61 Å². The largest absolute Gasteiger partial charge is 0.490 e. The minimum absolute atomic E-state index is 0.296. The van der Waals surface area contributed by atoms with E-state index in [0.717, 1.165) is 32.1 Å². The van der Waals surface area contributed by atoms with E-state index in [9.17, 15) is 9.59 Å². The van der Waals surface area contributed by atoms with Crippen LogP contribution in [0.4, 0.5) is 0 Å². The van der Waals surface area contributed by atoms with E-state index in [-0.39, 0.29) is 0 Å². The van der Waals surface area contributed by atoms with Gasteiger partial charge in [-0.1, -0.05) is 76.8 Å². The molecule has 2 N–H and O–H groups in total. The Kier molecular flexibility index (Phi) is 14.2. The molecule has 0 saturated carbocycles. The van der Waals surface area contributed by atoms with E-state index in [0.29, 0.717) is 30.9 Å². The van der Waals surface area contributed by atoms with E-state index in [2.05, 4.69) is 0 Å². The Hall–Kier alpha value is -2.24. The van der Waals surface area contributed by atoms with Gasteiger partial charge in [0.05, 0.1) is 6.61 Å². The molecule has 0 spiro atoms. The third kappa shape index (κ3) is 12.3. The van der Waals surface area contributed by atoms with Crippen LogP contribution in [0.2, 0.25) is 0 Å². The Morgan fingerprint density at radius 2 is 1.30 bits per heavy atom. The van der Waals surface area contributed by atoms with Crippen molar-refractivity contribution >= 4 is 11.9 Å². The first-order valence-corrected chi connectivity index (χ1v) is 11.4. The van der Waals surface area contributed by atoms with Crippen LogP contribution in [0.1, 0.15) is 90.4 Å². The zero-order valence-electron chi connectivity index (χ0n) is 18.3. The van der Waals surface area contributed by atoms with Crippen molar-refractivity contribution in [1.82, 2.24) is 0 Å². The Labute approximate surface area is 180 Å². The summed E-state index contributed by atoms with van der Waals surface area (Å²) in [6.07, 6.45) is 12.2. The summed E-state index contributed by atoms with van der Waals surface area (Å²) >= 11 is 0. The van der Waals surface area contributed by atoms with Gasteiger partial charge in [0.25, 0.3) is 0 Å². The van der Waals surface area contributed by atoms with Gasteiger partial charge in [-0.2, -0.15) is 0 Å². The number of para-hydroxylation sites is 2. The van der Waals surface area contributed by atoms with E-state index in [4.69, 9.17) is 19.7 Å². The second kappa shape index (κ2) is 16.5. The Balaban J connectivity index is 2.04. The van der Waals surface area contributed by atoms with Gasteiger partial charge in [0.15, 0.2) is 17.6 Å². The number of hydrogen-bond donors (Lipinski definition) is 2. The third-order valence-electron chi connectivity index (χ3n) is 5.06. The summed E-state index contributed by atoms with van der Waals surface area (Å²) in [5.41, 5.74) is 0. The number of benzene rings is 1. The second-order valence-corrected chi connectivity index (χ2v) is 7.68. The molecule has 0 aliphatic carbocycles. The predicted octanol–water partition coefficient (Wildman–Crippen LogP) is 6.07. The van der Waals surface area contributed by atoms with Crippen LogP contribution in [0.5, 0.6) is 11.5 Å². The lowest BCUT2D eigenvalue weighted by atomic mass is 10.1. The smallest absolute Gasteiger partial charge is 0.344 e. The fourth-order valence-electron chi connectivity index (χ4n) is 3.28. The van der Waals surface area contributed by atoms with Crippen molar-refractivity contribution < 1.29 is 29.3 Å². The monoisotopic (exact) mass is 422 g/mol. The summed E-state index contributed by atoms with van der Waals surface area (Å²) in [4.78, 5) is 21.6. The normalized spacial score (nSPS) is 11.8. The average molecular weight is 423 g/mol. The highest BCUT2D eigenvalue weighted by molar-refractivity contribution is 5.72. The van der Waals surface area contributed by atoms with Crippen LogP contribution in [0.3, 0.4) is 0 Å². The maximum Gasteiger partial charge on any atom is 0.344 e. The first-order valence-electron chi connectivity index (χ1n) is 11.4. The topological polar surface area (TPSA) is 93.1 Å². The molecule has 0 saturated heterocycles. The zero-order valence-corrected chi connectivity index (χ0v) is 18.3. The number of carboxylic acids is 2. The van der Waals surface area contributed by atoms with Crippen molar-refractivity contribution in [3.8, 4) is 11.5 Å². The van der Waals surface area contributed by atoms with Crippen molar-refractivity contribution in [2.45, 2.75) is 96.5 Å². The van der Waals surface area contributed by atoms with Gasteiger partial charge in [0.1, 0.15) is 0 Å². The standard InChI is InChI=1S/C24H38O6/c1-2-20(24(27)28)30-22-17-14-13-16-21(22)29-19-15-11-9-7-5-3-4-6-8-10-12-18-23(25)26/h13-14,16-17,20H,2-12,15,18-19H2,1H3,(H,25,26)(H,27,28). The van der Waals surface area contributed by atoms with Crippen molar-refractivity contribution in [2.24, 2.45) is 0 Å². The molecule has 6 heteroatoms. The molecule has 0 aliphatic rings. The van der Waals surface area contributed by atoms with Crippen LogP contribution in [-0.4, -0.2) is 34.9 Å². The average Bonchev–Trinajstić information content (AvgIpc) is 2.72. The highest BCUT2D eigenvalue weighted by Gasteiger charge is 2.18. The minimum atomic E-state index is -0.967. The van der Waals surface area contributed by atoms with E-state index < -0.39 is 18.0 Å². The number of hydrogen-bond acceptors (Lipinski definition) is 4. The number of carboxylic acid groups (broad SMARTS) is 2. The van der Waals surface area contributed by atoms with E-state index >= 15 is 0 Å². The quantitative estimate of drug-likeness (QED) is 0.263. The van der Waals surface area contributed by atoms with Crippen LogP contribution in [0, 0.1) is 0 Å². The number of unbranched alkanes of at least 4 members (excludes halogenated alkanes) is 10. The van der Waals surface area contributed by atoms with Gasteiger partial charge in [0.2, 0.25) is 0 Å². The lowest BCUT2D eigenvalue weighted by molar-refractivity contribution is -0.145. The summed E-state index contributed by atoms with van der Waals surface area (Å²) in [7, 11) is 0. The number of ether oxygens (including phenoxy) is 2. The molecule has 0 amide bonds. The van der Waals surface area contributed by atoms with Crippen LogP contribution >= 0.6 is 0 Å². The maximum atomic E-state index is 11.2. The molecule has 170 valence electrons. The van der Waals surface area contributed by atoms with Gasteiger partial charge in [-0.15, -0.1) is 0 Å². The molecule has 1 unspecified atom stereocenters. The van der Waals surface area contributed by atoms with Gasteiger partial charge >= 0.3 is 11.9 Å². The zero-order chi connectivity index (χ0) is 22.0. The predicted molar refractivity (Wildman–Crippen MR) is 117 cm³/mol. The molecule has 1 rings (SSSR count). The van der Waals surface area contributed by atoms with Crippen LogP contribution < -0.4 is 9.47 Å². The molecule has 0 bridgehead atoms. The molecule has 30 heavy (non-hydrogen) atoms. The molecule has 1 aromatic carbocycles. The van der Waals surface area contributed by atoms with Gasteiger partial charge < -0.3 is 19.7 Å². The Morgan fingerprint density at radius 3 is 1.80 bits per heavy atom. The third-order valence-corrected chi connectivity index (χ3v) is 5.06. The van der Waals surface area contributed by atoms with Crippen LogP contribution in [-0.2, 0) is 9.59 Å². The molecular formula is C24H38O6. The van der Waals surface area contributed by atoms with Gasteiger partial charge in [0, 0.05) is 6.42 Å². The lowest BCUT2D eigenvalue weighted by Gasteiger charge is -2.16. The lowest BCUT2D eigenvalue weighted by Crippen LogP contribution is -2.26. The second-order valence-electron chi connectivity index (χ2n) is 7.68. The molecule has 0 aromatic heterocycles. The van der Waals surface area contributed by atoms with E-state index in [1.54, 1.807) is 13.0 Å². The first-order chi connectivity index (χ1) is 14.5. The van der Waals surface area contributed by atoms with Crippen molar-refractivity contribution in [3.05, 3.63) is 24.3 Å².